The van der Waals surface area contributed by atoms with Crippen LogP contribution in [0.2, 0.25) is 0 Å². The van der Waals surface area contributed by atoms with Gasteiger partial charge < -0.3 is 9.84 Å². The zero-order valence-electron chi connectivity index (χ0n) is 11.0. The van der Waals surface area contributed by atoms with Crippen molar-refractivity contribution in [1.82, 2.24) is 0 Å². The molecule has 1 heterocycles. The van der Waals surface area contributed by atoms with Crippen LogP contribution in [0.15, 0.2) is 23.3 Å². The number of rotatable bonds is 0. The summed E-state index contributed by atoms with van der Waals surface area (Å²) in [5.74, 6) is -0.562. The normalized spacial score (nSPS) is 43.6. The topological polar surface area (TPSA) is 46.5 Å². The van der Waals surface area contributed by atoms with Gasteiger partial charge in [0.2, 0.25) is 0 Å². The van der Waals surface area contributed by atoms with Gasteiger partial charge in [0, 0.05) is 5.57 Å². The number of allylic oxidation sites excluding steroid dienone is 1. The number of hydrogen-bond acceptors (Lipinski definition) is 3. The summed E-state index contributed by atoms with van der Waals surface area (Å²) in [5.41, 5.74) is 3.04. The number of carbonyl (C=O) groups is 1. The van der Waals surface area contributed by atoms with E-state index in [1.807, 2.05) is 0 Å². The molecule has 3 aliphatic rings. The first kappa shape index (κ1) is 12.0. The second-order valence-electron chi connectivity index (χ2n) is 6.26. The van der Waals surface area contributed by atoms with Crippen LogP contribution < -0.4 is 0 Å². The molecule has 98 valence electrons. The maximum atomic E-state index is 11.7. The van der Waals surface area contributed by atoms with Crippen molar-refractivity contribution in [2.24, 2.45) is 11.3 Å². The number of aliphatic hydroxyl groups excluding tert-OH is 1. The molecule has 18 heavy (non-hydrogen) atoms. The Bertz CT molecular complexity index is 462. The summed E-state index contributed by atoms with van der Waals surface area (Å²) in [6.07, 6.45) is 3.26. The predicted molar refractivity (Wildman–Crippen MR) is 67.8 cm³/mol. The van der Waals surface area contributed by atoms with Gasteiger partial charge in [-0.3, -0.25) is 0 Å². The molecule has 0 aromatic carbocycles. The highest BCUT2D eigenvalue weighted by molar-refractivity contribution is 5.91. The van der Waals surface area contributed by atoms with E-state index >= 15 is 0 Å². The van der Waals surface area contributed by atoms with Crippen molar-refractivity contribution in [2.45, 2.75) is 51.7 Å². The van der Waals surface area contributed by atoms with Crippen LogP contribution in [0.25, 0.3) is 0 Å². The fourth-order valence-electron chi connectivity index (χ4n) is 4.17. The molecule has 4 atom stereocenters. The molecular weight excluding hydrogens is 228 g/mol. The van der Waals surface area contributed by atoms with Gasteiger partial charge in [-0.2, -0.15) is 0 Å². The summed E-state index contributed by atoms with van der Waals surface area (Å²) < 4.78 is 5.50. The smallest absolute Gasteiger partial charge is 0.334 e. The van der Waals surface area contributed by atoms with E-state index in [9.17, 15) is 9.90 Å². The Balaban J connectivity index is 2.10. The van der Waals surface area contributed by atoms with Gasteiger partial charge >= 0.3 is 5.97 Å². The van der Waals surface area contributed by atoms with Crippen LogP contribution in [0, 0.1) is 11.3 Å². The molecule has 2 aliphatic carbocycles. The van der Waals surface area contributed by atoms with Crippen molar-refractivity contribution in [1.29, 1.82) is 0 Å². The summed E-state index contributed by atoms with van der Waals surface area (Å²) in [6, 6.07) is 0. The van der Waals surface area contributed by atoms with Gasteiger partial charge in [-0.15, -0.1) is 0 Å². The minimum Gasteiger partial charge on any atom is -0.454 e. The van der Waals surface area contributed by atoms with Gasteiger partial charge in [-0.1, -0.05) is 19.1 Å². The third kappa shape index (κ3) is 1.43. The van der Waals surface area contributed by atoms with E-state index in [1.165, 1.54) is 11.1 Å². The van der Waals surface area contributed by atoms with Crippen LogP contribution in [0.3, 0.4) is 0 Å². The minimum atomic E-state index is -0.506. The molecule has 3 nitrogen and oxygen atoms in total. The quantitative estimate of drug-likeness (QED) is 0.406. The molecule has 0 radical (unpaired) electrons. The number of aliphatic hydroxyl groups is 1. The summed E-state index contributed by atoms with van der Waals surface area (Å²) in [5, 5.41) is 10.3. The predicted octanol–water partition coefficient (Wildman–Crippen LogP) is 2.36. The van der Waals surface area contributed by atoms with Crippen molar-refractivity contribution in [3.8, 4) is 0 Å². The zero-order valence-corrected chi connectivity index (χ0v) is 11.0. The lowest BCUT2D eigenvalue weighted by Gasteiger charge is -2.47. The Labute approximate surface area is 108 Å². The van der Waals surface area contributed by atoms with E-state index < -0.39 is 6.10 Å². The fraction of sp³-hybridized carbons (Fsp3) is 0.667. The van der Waals surface area contributed by atoms with Crippen molar-refractivity contribution < 1.29 is 14.6 Å². The number of ether oxygens (including phenoxy) is 1. The minimum absolute atomic E-state index is 0.00613. The Morgan fingerprint density at radius 3 is 2.94 bits per heavy atom. The molecule has 0 unspecified atom stereocenters. The summed E-state index contributed by atoms with van der Waals surface area (Å²) in [7, 11) is 0. The van der Waals surface area contributed by atoms with E-state index in [0.29, 0.717) is 5.57 Å². The number of hydrogen-bond donors (Lipinski definition) is 1. The van der Waals surface area contributed by atoms with Gasteiger partial charge in [0.15, 0.2) is 0 Å². The monoisotopic (exact) mass is 248 g/mol. The van der Waals surface area contributed by atoms with E-state index in [1.54, 1.807) is 0 Å². The maximum absolute atomic E-state index is 11.7. The zero-order chi connectivity index (χ0) is 13.1. The number of carbonyl (C=O) groups excluding carboxylic acids is 1. The molecule has 3 heteroatoms. The summed E-state index contributed by atoms with van der Waals surface area (Å²) >= 11 is 0. The molecule has 1 aliphatic heterocycles. The largest absolute Gasteiger partial charge is 0.454 e. The van der Waals surface area contributed by atoms with Gasteiger partial charge in [-0.25, -0.2) is 4.79 Å². The Hall–Kier alpha value is -1.09. The highest BCUT2D eigenvalue weighted by Crippen LogP contribution is 2.55. The standard InChI is InChI=1S/C15H20O3/c1-8-5-4-6-15(3)7-10(16)11-9(2)14(17)18-13(11)12(8)15/h10-11,13,16H,2,4-7H2,1,3H3/t10-,11+,13-,15+/m0/s1. The molecule has 0 aromatic rings. The van der Waals surface area contributed by atoms with Crippen molar-refractivity contribution in [2.75, 3.05) is 0 Å². The Morgan fingerprint density at radius 2 is 2.22 bits per heavy atom. The van der Waals surface area contributed by atoms with Crippen molar-refractivity contribution in [3.05, 3.63) is 23.3 Å². The third-order valence-electron chi connectivity index (χ3n) is 4.97. The molecule has 0 aromatic heterocycles. The first-order valence-corrected chi connectivity index (χ1v) is 6.72. The third-order valence-corrected chi connectivity index (χ3v) is 4.97. The lowest BCUT2D eigenvalue weighted by Crippen LogP contribution is -2.46. The van der Waals surface area contributed by atoms with Gasteiger partial charge in [-0.05, 0) is 43.6 Å². The highest BCUT2D eigenvalue weighted by atomic mass is 16.6. The molecule has 2 fully saturated rings. The SMILES string of the molecule is C=C1C(=O)O[C@@H]2C3=C(C)CCC[C@]3(C)C[C@H](O)[C@@H]12. The second kappa shape index (κ2) is 3.70. The van der Waals surface area contributed by atoms with E-state index in [4.69, 9.17) is 4.74 Å². The Kier molecular flexibility index (Phi) is 2.46. The number of fused-ring (bicyclic) bond motifs is 3. The van der Waals surface area contributed by atoms with Crippen LogP contribution in [0.1, 0.15) is 39.5 Å². The highest BCUT2D eigenvalue weighted by Gasteiger charge is 2.55. The van der Waals surface area contributed by atoms with Gasteiger partial charge in [0.05, 0.1) is 12.0 Å². The molecule has 1 N–H and O–H groups in total. The Morgan fingerprint density at radius 1 is 1.50 bits per heavy atom. The molecule has 1 saturated heterocycles. The average molecular weight is 248 g/mol. The molecule has 0 spiro atoms. The van der Waals surface area contributed by atoms with Crippen LogP contribution in [0.4, 0.5) is 0 Å². The lowest BCUT2D eigenvalue weighted by molar-refractivity contribution is -0.139. The first-order valence-electron chi connectivity index (χ1n) is 6.72. The lowest BCUT2D eigenvalue weighted by atomic mass is 9.59. The van der Waals surface area contributed by atoms with Crippen molar-refractivity contribution in [3.63, 3.8) is 0 Å². The van der Waals surface area contributed by atoms with Crippen LogP contribution >= 0.6 is 0 Å². The van der Waals surface area contributed by atoms with Crippen molar-refractivity contribution >= 4 is 5.97 Å². The van der Waals surface area contributed by atoms with Crippen LogP contribution in [-0.4, -0.2) is 23.3 Å². The summed E-state index contributed by atoms with van der Waals surface area (Å²) in [4.78, 5) is 11.7. The number of esters is 1. The van der Waals surface area contributed by atoms with Crippen LogP contribution in [-0.2, 0) is 9.53 Å². The van der Waals surface area contributed by atoms with Gasteiger partial charge in [0.1, 0.15) is 6.10 Å². The molecule has 0 bridgehead atoms. The van der Waals surface area contributed by atoms with Crippen LogP contribution in [0.5, 0.6) is 0 Å². The first-order chi connectivity index (χ1) is 8.44. The van der Waals surface area contributed by atoms with E-state index in [0.717, 1.165) is 25.7 Å². The second-order valence-corrected chi connectivity index (χ2v) is 6.26. The maximum Gasteiger partial charge on any atom is 0.334 e. The molecular formula is C15H20O3. The van der Waals surface area contributed by atoms with E-state index in [-0.39, 0.29) is 23.4 Å². The molecule has 0 amide bonds. The van der Waals surface area contributed by atoms with E-state index in [2.05, 4.69) is 20.4 Å². The molecule has 1 saturated carbocycles. The summed E-state index contributed by atoms with van der Waals surface area (Å²) in [6.45, 7) is 8.13. The fourth-order valence-corrected chi connectivity index (χ4v) is 4.17. The molecule has 3 rings (SSSR count). The average Bonchev–Trinajstić information content (AvgIpc) is 2.54. The van der Waals surface area contributed by atoms with Gasteiger partial charge in [0.25, 0.3) is 0 Å².